The first-order valence-electron chi connectivity index (χ1n) is 2.00. The number of hydrogen-bond donors (Lipinski definition) is 2. The van der Waals surface area contributed by atoms with Crippen molar-refractivity contribution in [3.8, 4) is 0 Å². The van der Waals surface area contributed by atoms with Gasteiger partial charge in [0.05, 0.1) is 6.54 Å². The Labute approximate surface area is 37.0 Å². The quantitative estimate of drug-likeness (QED) is 0.398. The molecule has 34 valence electrons. The van der Waals surface area contributed by atoms with Crippen LogP contribution in [0.4, 0.5) is 0 Å². The smallest absolute Gasteiger partial charge is 0.0563 e. The lowest BCUT2D eigenvalue weighted by atomic mass is 10.5. The lowest BCUT2D eigenvalue weighted by Gasteiger charge is -1.77. The highest BCUT2D eigenvalue weighted by atomic mass is 15.1. The van der Waals surface area contributed by atoms with E-state index in [0.29, 0.717) is 0 Å². The third-order valence-electron chi connectivity index (χ3n) is 0.830. The second kappa shape index (κ2) is 0.899. The van der Waals surface area contributed by atoms with Crippen molar-refractivity contribution in [2.45, 2.75) is 6.92 Å². The molecule has 0 spiro atoms. The molecule has 3 N–H and O–H groups in total. The maximum absolute atomic E-state index is 5.31. The first kappa shape index (κ1) is 3.53. The van der Waals surface area contributed by atoms with Gasteiger partial charge in [-0.05, 0) is 6.92 Å². The average Bonchev–Trinajstić information content (AvgIpc) is 2.06. The van der Waals surface area contributed by atoms with Crippen molar-refractivity contribution >= 4 is 0 Å². The minimum atomic E-state index is 0.926. The van der Waals surface area contributed by atoms with E-state index < -0.39 is 0 Å². The molecule has 1 aliphatic heterocycles. The van der Waals surface area contributed by atoms with Crippen LogP contribution < -0.4 is 11.1 Å². The molecular weight excluding hydrogens is 76.1 g/mol. The van der Waals surface area contributed by atoms with Gasteiger partial charge in [-0.3, -0.25) is 0 Å². The van der Waals surface area contributed by atoms with Crippen LogP contribution in [0.2, 0.25) is 0 Å². The summed E-state index contributed by atoms with van der Waals surface area (Å²) in [5.74, 6) is 0. The maximum Gasteiger partial charge on any atom is 0.0563 e. The summed E-state index contributed by atoms with van der Waals surface area (Å²) >= 11 is 0. The molecule has 1 heterocycles. The van der Waals surface area contributed by atoms with E-state index in [1.165, 1.54) is 5.70 Å². The molecule has 1 rings (SSSR count). The Kier molecular flexibility index (Phi) is 0.528. The van der Waals surface area contributed by atoms with Gasteiger partial charge in [0, 0.05) is 11.4 Å². The van der Waals surface area contributed by atoms with E-state index in [4.69, 9.17) is 5.73 Å². The van der Waals surface area contributed by atoms with Crippen LogP contribution in [-0.2, 0) is 0 Å². The van der Waals surface area contributed by atoms with E-state index in [-0.39, 0.29) is 0 Å². The number of nitrogens with two attached hydrogens (primary N) is 1. The van der Waals surface area contributed by atoms with E-state index in [9.17, 15) is 0 Å². The highest BCUT2D eigenvalue weighted by Gasteiger charge is 2.09. The fraction of sp³-hybridized carbons (Fsp3) is 0.500. The summed E-state index contributed by atoms with van der Waals surface area (Å²) in [7, 11) is 0. The third-order valence-corrected chi connectivity index (χ3v) is 0.830. The molecule has 1 saturated heterocycles. The van der Waals surface area contributed by atoms with Crippen LogP contribution in [0.5, 0.6) is 0 Å². The molecule has 0 aromatic heterocycles. The van der Waals surface area contributed by atoms with Crippen LogP contribution in [0.15, 0.2) is 11.4 Å². The van der Waals surface area contributed by atoms with Gasteiger partial charge in [0.1, 0.15) is 0 Å². The monoisotopic (exact) mass is 84.1 g/mol. The largest absolute Gasteiger partial charge is 0.401 e. The molecule has 0 atom stereocenters. The number of allylic oxidation sites excluding steroid dienone is 1. The van der Waals surface area contributed by atoms with Crippen molar-refractivity contribution in [1.82, 2.24) is 5.32 Å². The van der Waals surface area contributed by atoms with Crippen LogP contribution >= 0.6 is 0 Å². The molecule has 0 bridgehead atoms. The maximum atomic E-state index is 5.31. The first-order chi connectivity index (χ1) is 2.80. The second-order valence-electron chi connectivity index (χ2n) is 1.52. The number of nitrogens with one attached hydrogen (secondary N) is 1. The van der Waals surface area contributed by atoms with Gasteiger partial charge in [-0.2, -0.15) is 0 Å². The Morgan fingerprint density at radius 3 is 2.50 bits per heavy atom. The number of hydrogen-bond acceptors (Lipinski definition) is 2. The fourth-order valence-corrected chi connectivity index (χ4v) is 0.323. The molecular formula is C4H8N2. The normalized spacial score (nSPS) is 25.5. The second-order valence-corrected chi connectivity index (χ2v) is 1.52. The predicted molar refractivity (Wildman–Crippen MR) is 24.9 cm³/mol. The van der Waals surface area contributed by atoms with E-state index >= 15 is 0 Å². The van der Waals surface area contributed by atoms with E-state index in [1.807, 2.05) is 6.92 Å². The van der Waals surface area contributed by atoms with Gasteiger partial charge in [0.25, 0.3) is 0 Å². The summed E-state index contributed by atoms with van der Waals surface area (Å²) < 4.78 is 0. The van der Waals surface area contributed by atoms with Gasteiger partial charge in [-0.15, -0.1) is 0 Å². The van der Waals surface area contributed by atoms with Gasteiger partial charge in [-0.25, -0.2) is 0 Å². The van der Waals surface area contributed by atoms with E-state index in [1.54, 1.807) is 0 Å². The summed E-state index contributed by atoms with van der Waals surface area (Å²) in [6.45, 7) is 2.90. The molecule has 0 aromatic rings. The fourth-order valence-electron chi connectivity index (χ4n) is 0.323. The summed E-state index contributed by atoms with van der Waals surface area (Å²) in [5.41, 5.74) is 7.44. The Morgan fingerprint density at radius 2 is 2.50 bits per heavy atom. The van der Waals surface area contributed by atoms with E-state index in [0.717, 1.165) is 12.2 Å². The molecule has 0 radical (unpaired) electrons. The average molecular weight is 84.1 g/mol. The molecule has 0 aliphatic carbocycles. The Balaban J connectivity index is 2.61. The minimum Gasteiger partial charge on any atom is -0.401 e. The zero-order chi connectivity index (χ0) is 4.57. The van der Waals surface area contributed by atoms with Gasteiger partial charge >= 0.3 is 0 Å². The molecule has 2 heteroatoms. The Morgan fingerprint density at radius 1 is 2.00 bits per heavy atom. The molecule has 2 nitrogen and oxygen atoms in total. The molecule has 6 heavy (non-hydrogen) atoms. The molecule has 1 aliphatic rings. The lowest BCUT2D eigenvalue weighted by Crippen LogP contribution is -1.90. The van der Waals surface area contributed by atoms with Crippen molar-refractivity contribution in [3.05, 3.63) is 11.4 Å². The lowest BCUT2D eigenvalue weighted by molar-refractivity contribution is 1.26. The molecule has 0 aromatic carbocycles. The highest BCUT2D eigenvalue weighted by molar-refractivity contribution is 5.20. The summed E-state index contributed by atoms with van der Waals surface area (Å²) in [6.07, 6.45) is 0. The summed E-state index contributed by atoms with van der Waals surface area (Å²) in [5, 5.41) is 2.99. The van der Waals surface area contributed by atoms with Crippen molar-refractivity contribution in [2.24, 2.45) is 5.73 Å². The van der Waals surface area contributed by atoms with Crippen molar-refractivity contribution < 1.29 is 0 Å². The Bertz CT molecular complexity index is 83.7. The van der Waals surface area contributed by atoms with Gasteiger partial charge in [0.2, 0.25) is 0 Å². The highest BCUT2D eigenvalue weighted by Crippen LogP contribution is 2.02. The SMILES string of the molecule is C/C(N)=C1/CN1. The van der Waals surface area contributed by atoms with Crippen LogP contribution in [-0.4, -0.2) is 6.54 Å². The molecule has 0 saturated carbocycles. The minimum absolute atomic E-state index is 0.926. The van der Waals surface area contributed by atoms with Gasteiger partial charge in [-0.1, -0.05) is 0 Å². The van der Waals surface area contributed by atoms with Gasteiger partial charge in [0.15, 0.2) is 0 Å². The first-order valence-corrected chi connectivity index (χ1v) is 2.00. The predicted octanol–water partition coefficient (Wildman–Crippen LogP) is -0.220. The van der Waals surface area contributed by atoms with E-state index in [2.05, 4.69) is 5.32 Å². The topological polar surface area (TPSA) is 48.0 Å². The van der Waals surface area contributed by atoms with Crippen molar-refractivity contribution in [1.29, 1.82) is 0 Å². The standard InChI is InChI=1S/C4H8N2/c1-3(5)4-2-6-4/h6H,2,5H2,1H3/b4-3+. The zero-order valence-electron chi connectivity index (χ0n) is 3.78. The molecule has 1 fully saturated rings. The van der Waals surface area contributed by atoms with Crippen molar-refractivity contribution in [2.75, 3.05) is 6.54 Å². The molecule has 0 amide bonds. The van der Waals surface area contributed by atoms with Crippen LogP contribution in [0.1, 0.15) is 6.92 Å². The summed E-state index contributed by atoms with van der Waals surface area (Å²) in [6, 6.07) is 0. The van der Waals surface area contributed by atoms with Crippen LogP contribution in [0.25, 0.3) is 0 Å². The van der Waals surface area contributed by atoms with Gasteiger partial charge < -0.3 is 11.1 Å². The third kappa shape index (κ3) is 0.455. The summed E-state index contributed by atoms with van der Waals surface area (Å²) in [4.78, 5) is 0. The number of rotatable bonds is 0. The van der Waals surface area contributed by atoms with Crippen LogP contribution in [0, 0.1) is 0 Å². The zero-order valence-corrected chi connectivity index (χ0v) is 3.78. The van der Waals surface area contributed by atoms with Crippen LogP contribution in [0.3, 0.4) is 0 Å². The molecule has 0 unspecified atom stereocenters. The Hall–Kier alpha value is -0.660. The van der Waals surface area contributed by atoms with Crippen molar-refractivity contribution in [3.63, 3.8) is 0 Å².